The number of carboxylic acid groups (broad SMARTS) is 1. The van der Waals surface area contributed by atoms with Crippen molar-refractivity contribution in [1.29, 1.82) is 5.26 Å². The van der Waals surface area contributed by atoms with Crippen molar-refractivity contribution < 1.29 is 18.3 Å². The summed E-state index contributed by atoms with van der Waals surface area (Å²) in [5, 5.41) is 17.4. The third-order valence-electron chi connectivity index (χ3n) is 2.46. The molecule has 1 aromatic heterocycles. The number of sulfonamides is 1. The Bertz CT molecular complexity index is 598. The monoisotopic (exact) mass is 302 g/mol. The SMILES string of the molecule is CC(C)C(CC(=O)O)NS(=O)(=O)c1ccc(C#N)s1. The number of nitrogens with zero attached hydrogens (tertiary/aromatic N) is 1. The molecule has 6 nitrogen and oxygen atoms in total. The van der Waals surface area contributed by atoms with Crippen molar-refractivity contribution in [3.05, 3.63) is 17.0 Å². The first kappa shape index (κ1) is 15.6. The summed E-state index contributed by atoms with van der Waals surface area (Å²) in [4.78, 5) is 11.0. The van der Waals surface area contributed by atoms with E-state index in [2.05, 4.69) is 4.72 Å². The maximum Gasteiger partial charge on any atom is 0.304 e. The molecule has 0 aliphatic heterocycles. The lowest BCUT2D eigenvalue weighted by atomic mass is 10.0. The number of carboxylic acids is 1. The molecule has 0 saturated carbocycles. The summed E-state index contributed by atoms with van der Waals surface area (Å²) in [6.45, 7) is 3.48. The molecule has 8 heteroatoms. The standard InChI is InChI=1S/C11H14N2O4S2/c1-7(2)9(5-10(14)15)13-19(16,17)11-4-3-8(6-12)18-11/h3-4,7,9,13H,5H2,1-2H3,(H,14,15). The maximum absolute atomic E-state index is 12.1. The van der Waals surface area contributed by atoms with Crippen molar-refractivity contribution in [2.24, 2.45) is 5.92 Å². The van der Waals surface area contributed by atoms with Crippen molar-refractivity contribution >= 4 is 27.3 Å². The summed E-state index contributed by atoms with van der Waals surface area (Å²) in [6.07, 6.45) is -0.284. The zero-order valence-electron chi connectivity index (χ0n) is 10.5. The van der Waals surface area contributed by atoms with Crippen LogP contribution in [-0.4, -0.2) is 25.5 Å². The average Bonchev–Trinajstić information content (AvgIpc) is 2.76. The van der Waals surface area contributed by atoms with E-state index in [-0.39, 0.29) is 16.5 Å². The van der Waals surface area contributed by atoms with Gasteiger partial charge in [-0.1, -0.05) is 13.8 Å². The first-order chi connectivity index (χ1) is 8.76. The normalized spacial score (nSPS) is 13.2. The molecule has 0 aliphatic carbocycles. The number of carbonyl (C=O) groups is 1. The summed E-state index contributed by atoms with van der Waals surface area (Å²) in [5.74, 6) is -1.22. The Morgan fingerprint density at radius 3 is 2.58 bits per heavy atom. The van der Waals surface area contributed by atoms with Gasteiger partial charge in [0.1, 0.15) is 15.2 Å². The Labute approximate surface area is 115 Å². The van der Waals surface area contributed by atoms with Gasteiger partial charge < -0.3 is 5.11 Å². The molecule has 0 radical (unpaired) electrons. The minimum atomic E-state index is -3.79. The second-order valence-electron chi connectivity index (χ2n) is 4.30. The number of nitriles is 1. The molecule has 0 fully saturated rings. The molecule has 104 valence electrons. The fraction of sp³-hybridized carbons (Fsp3) is 0.455. The van der Waals surface area contributed by atoms with Crippen LogP contribution in [0.4, 0.5) is 0 Å². The number of aliphatic carboxylic acids is 1. The molecule has 0 amide bonds. The van der Waals surface area contributed by atoms with Crippen molar-refractivity contribution in [3.63, 3.8) is 0 Å². The predicted octanol–water partition coefficient (Wildman–Crippen LogP) is 1.40. The maximum atomic E-state index is 12.1. The highest BCUT2D eigenvalue weighted by Crippen LogP contribution is 2.22. The highest BCUT2D eigenvalue weighted by molar-refractivity contribution is 7.91. The fourth-order valence-corrected chi connectivity index (χ4v) is 3.89. The highest BCUT2D eigenvalue weighted by Gasteiger charge is 2.25. The topological polar surface area (TPSA) is 107 Å². The first-order valence-corrected chi connectivity index (χ1v) is 7.80. The van der Waals surface area contributed by atoms with Crippen LogP contribution in [-0.2, 0) is 14.8 Å². The third-order valence-corrected chi connectivity index (χ3v) is 5.43. The van der Waals surface area contributed by atoms with Crippen molar-refractivity contribution in [3.8, 4) is 6.07 Å². The number of rotatable bonds is 6. The Hall–Kier alpha value is -1.43. The van der Waals surface area contributed by atoms with Gasteiger partial charge >= 0.3 is 5.97 Å². The Morgan fingerprint density at radius 2 is 2.16 bits per heavy atom. The molecule has 2 N–H and O–H groups in total. The highest BCUT2D eigenvalue weighted by atomic mass is 32.2. The van der Waals surface area contributed by atoms with Gasteiger partial charge in [-0.2, -0.15) is 5.26 Å². The van der Waals surface area contributed by atoms with Gasteiger partial charge in [0.15, 0.2) is 0 Å². The van der Waals surface area contributed by atoms with Gasteiger partial charge in [0.05, 0.1) is 6.42 Å². The quantitative estimate of drug-likeness (QED) is 0.826. The second-order valence-corrected chi connectivity index (χ2v) is 7.32. The first-order valence-electron chi connectivity index (χ1n) is 5.50. The molecule has 1 unspecified atom stereocenters. The van der Waals surface area contributed by atoms with Crippen LogP contribution in [0.2, 0.25) is 0 Å². The largest absolute Gasteiger partial charge is 0.481 e. The molecule has 1 aromatic rings. The smallest absolute Gasteiger partial charge is 0.304 e. The van der Waals surface area contributed by atoms with E-state index in [4.69, 9.17) is 10.4 Å². The van der Waals surface area contributed by atoms with Gasteiger partial charge in [0.25, 0.3) is 0 Å². The molecule has 1 atom stereocenters. The van der Waals surface area contributed by atoms with Crippen LogP contribution in [0, 0.1) is 17.2 Å². The van der Waals surface area contributed by atoms with Crippen LogP contribution in [0.3, 0.4) is 0 Å². The number of hydrogen-bond acceptors (Lipinski definition) is 5. The van der Waals surface area contributed by atoms with Crippen LogP contribution >= 0.6 is 11.3 Å². The summed E-state index contributed by atoms with van der Waals surface area (Å²) in [6, 6.07) is 3.93. The summed E-state index contributed by atoms with van der Waals surface area (Å²) < 4.78 is 26.5. The molecule has 0 bridgehead atoms. The van der Waals surface area contributed by atoms with E-state index in [1.165, 1.54) is 12.1 Å². The minimum absolute atomic E-state index is 0.0140. The Morgan fingerprint density at radius 1 is 1.53 bits per heavy atom. The van der Waals surface area contributed by atoms with Crippen LogP contribution in [0.5, 0.6) is 0 Å². The number of hydrogen-bond donors (Lipinski definition) is 2. The van der Waals surface area contributed by atoms with E-state index >= 15 is 0 Å². The van der Waals surface area contributed by atoms with E-state index in [9.17, 15) is 13.2 Å². The molecule has 0 saturated heterocycles. The lowest BCUT2D eigenvalue weighted by Gasteiger charge is -2.19. The predicted molar refractivity (Wildman–Crippen MR) is 70.2 cm³/mol. The van der Waals surface area contributed by atoms with Crippen LogP contribution < -0.4 is 4.72 Å². The Balaban J connectivity index is 2.94. The molecular formula is C11H14N2O4S2. The molecule has 0 aliphatic rings. The van der Waals surface area contributed by atoms with Gasteiger partial charge in [-0.05, 0) is 18.1 Å². The number of thiophene rings is 1. The van der Waals surface area contributed by atoms with Gasteiger partial charge in [-0.15, -0.1) is 11.3 Å². The van der Waals surface area contributed by atoms with Gasteiger partial charge in [0, 0.05) is 6.04 Å². The van der Waals surface area contributed by atoms with Gasteiger partial charge in [-0.25, -0.2) is 13.1 Å². The fourth-order valence-electron chi connectivity index (χ4n) is 1.38. The van der Waals surface area contributed by atoms with Crippen LogP contribution in [0.15, 0.2) is 16.3 Å². The molecular weight excluding hydrogens is 288 g/mol. The average molecular weight is 302 g/mol. The zero-order valence-corrected chi connectivity index (χ0v) is 12.1. The van der Waals surface area contributed by atoms with E-state index in [0.717, 1.165) is 11.3 Å². The van der Waals surface area contributed by atoms with Crippen LogP contribution in [0.1, 0.15) is 25.1 Å². The zero-order chi connectivity index (χ0) is 14.6. The minimum Gasteiger partial charge on any atom is -0.481 e. The molecule has 0 spiro atoms. The van der Waals surface area contributed by atoms with Gasteiger partial charge in [-0.3, -0.25) is 4.79 Å². The molecule has 0 aromatic carbocycles. The van der Waals surface area contributed by atoms with Crippen molar-refractivity contribution in [2.45, 2.75) is 30.5 Å². The van der Waals surface area contributed by atoms with E-state index in [1.54, 1.807) is 13.8 Å². The van der Waals surface area contributed by atoms with E-state index < -0.39 is 22.0 Å². The third kappa shape index (κ3) is 4.31. The van der Waals surface area contributed by atoms with E-state index in [0.29, 0.717) is 4.88 Å². The summed E-state index contributed by atoms with van der Waals surface area (Å²) in [7, 11) is -3.79. The molecule has 19 heavy (non-hydrogen) atoms. The lowest BCUT2D eigenvalue weighted by molar-refractivity contribution is -0.137. The van der Waals surface area contributed by atoms with E-state index in [1.807, 2.05) is 6.07 Å². The summed E-state index contributed by atoms with van der Waals surface area (Å²) >= 11 is 0.853. The molecule has 1 rings (SSSR count). The number of nitrogens with one attached hydrogen (secondary N) is 1. The second kappa shape index (κ2) is 6.14. The van der Waals surface area contributed by atoms with Crippen molar-refractivity contribution in [1.82, 2.24) is 4.72 Å². The molecule has 1 heterocycles. The van der Waals surface area contributed by atoms with Gasteiger partial charge in [0.2, 0.25) is 10.0 Å². The Kier molecular flexibility index (Phi) is 5.05. The lowest BCUT2D eigenvalue weighted by Crippen LogP contribution is -2.39. The van der Waals surface area contributed by atoms with Crippen molar-refractivity contribution in [2.75, 3.05) is 0 Å². The summed E-state index contributed by atoms with van der Waals surface area (Å²) in [5.41, 5.74) is 0. The van der Waals surface area contributed by atoms with Crippen LogP contribution in [0.25, 0.3) is 0 Å².